The number of carbonyl (C=O) groups excluding carboxylic acids is 1. The van der Waals surface area contributed by atoms with E-state index in [0.717, 1.165) is 4.47 Å². The van der Waals surface area contributed by atoms with E-state index in [-0.39, 0.29) is 18.4 Å². The molecule has 15 heavy (non-hydrogen) atoms. The monoisotopic (exact) mass is 269 g/mol. The molecule has 1 fully saturated rings. The molecule has 1 amide bonds. The maximum atomic E-state index is 11.1. The highest BCUT2D eigenvalue weighted by molar-refractivity contribution is 9.10. The second-order valence-electron chi connectivity index (χ2n) is 3.57. The number of halogens is 1. The zero-order chi connectivity index (χ0) is 10.7. The van der Waals surface area contributed by atoms with Gasteiger partial charge in [-0.2, -0.15) is 0 Å². The van der Waals surface area contributed by atoms with Gasteiger partial charge < -0.3 is 10.1 Å². The van der Waals surface area contributed by atoms with Gasteiger partial charge in [-0.25, -0.2) is 0 Å². The lowest BCUT2D eigenvalue weighted by molar-refractivity contribution is -0.124. The summed E-state index contributed by atoms with van der Waals surface area (Å²) >= 11 is 3.39. The summed E-state index contributed by atoms with van der Waals surface area (Å²) in [5.41, 5.74) is 1.19. The van der Waals surface area contributed by atoms with E-state index in [1.807, 2.05) is 12.1 Å². The smallest absolute Gasteiger partial charge is 0.246 e. The van der Waals surface area contributed by atoms with Gasteiger partial charge >= 0.3 is 0 Å². The normalized spacial score (nSPS) is 21.9. The van der Waals surface area contributed by atoms with Crippen LogP contribution in [0.3, 0.4) is 0 Å². The van der Waals surface area contributed by atoms with E-state index in [4.69, 9.17) is 4.74 Å². The largest absolute Gasteiger partial charge is 0.371 e. The zero-order valence-corrected chi connectivity index (χ0v) is 9.79. The maximum Gasteiger partial charge on any atom is 0.246 e. The molecule has 0 saturated carbocycles. The van der Waals surface area contributed by atoms with Crippen molar-refractivity contribution in [3.8, 4) is 0 Å². The second-order valence-corrected chi connectivity index (χ2v) is 4.48. The molecule has 2 rings (SSSR count). The molecule has 1 aromatic rings. The van der Waals surface area contributed by atoms with Crippen LogP contribution in [0.25, 0.3) is 0 Å². The maximum absolute atomic E-state index is 11.1. The molecule has 3 nitrogen and oxygen atoms in total. The SMILES string of the molecule is O=C1COCC(c2ccc(Br)cc2)CN1. The quantitative estimate of drug-likeness (QED) is 0.843. The highest BCUT2D eigenvalue weighted by Gasteiger charge is 2.17. The van der Waals surface area contributed by atoms with Crippen LogP contribution in [0.1, 0.15) is 11.5 Å². The Morgan fingerprint density at radius 3 is 2.80 bits per heavy atom. The van der Waals surface area contributed by atoms with E-state index in [2.05, 4.69) is 33.4 Å². The zero-order valence-electron chi connectivity index (χ0n) is 8.20. The third kappa shape index (κ3) is 2.79. The van der Waals surface area contributed by atoms with E-state index in [0.29, 0.717) is 13.2 Å². The summed E-state index contributed by atoms with van der Waals surface area (Å²) in [6.45, 7) is 1.42. The highest BCUT2D eigenvalue weighted by atomic mass is 79.9. The minimum absolute atomic E-state index is 0.0328. The van der Waals surface area contributed by atoms with Gasteiger partial charge in [-0.1, -0.05) is 28.1 Å². The number of rotatable bonds is 1. The molecule has 0 aliphatic carbocycles. The second kappa shape index (κ2) is 4.77. The Labute approximate surface area is 96.9 Å². The first-order valence-electron chi connectivity index (χ1n) is 4.85. The van der Waals surface area contributed by atoms with Crippen LogP contribution in [0.5, 0.6) is 0 Å². The predicted octanol–water partition coefficient (Wildman–Crippen LogP) is 1.68. The number of hydrogen-bond acceptors (Lipinski definition) is 2. The van der Waals surface area contributed by atoms with Gasteiger partial charge in [0.25, 0.3) is 0 Å². The molecule has 0 bridgehead atoms. The predicted molar refractivity (Wildman–Crippen MR) is 60.7 cm³/mol. The molecular formula is C11H12BrNO2. The van der Waals surface area contributed by atoms with Crippen molar-refractivity contribution in [3.05, 3.63) is 34.3 Å². The van der Waals surface area contributed by atoms with Gasteiger partial charge in [-0.3, -0.25) is 4.79 Å². The fourth-order valence-electron chi connectivity index (χ4n) is 1.59. The van der Waals surface area contributed by atoms with Crippen molar-refractivity contribution in [2.75, 3.05) is 19.8 Å². The number of hydrogen-bond donors (Lipinski definition) is 1. The van der Waals surface area contributed by atoms with Gasteiger partial charge in [0, 0.05) is 16.9 Å². The van der Waals surface area contributed by atoms with Crippen LogP contribution in [0.4, 0.5) is 0 Å². The fraction of sp³-hybridized carbons (Fsp3) is 0.364. The highest BCUT2D eigenvalue weighted by Crippen LogP contribution is 2.19. The summed E-state index contributed by atoms with van der Waals surface area (Å²) in [7, 11) is 0. The minimum Gasteiger partial charge on any atom is -0.371 e. The van der Waals surface area contributed by atoms with E-state index in [1.54, 1.807) is 0 Å². The van der Waals surface area contributed by atoms with Crippen molar-refractivity contribution in [2.24, 2.45) is 0 Å². The van der Waals surface area contributed by atoms with E-state index in [1.165, 1.54) is 5.56 Å². The molecule has 1 aliphatic rings. The van der Waals surface area contributed by atoms with Gasteiger partial charge in [-0.05, 0) is 17.7 Å². The molecule has 0 radical (unpaired) electrons. The Kier molecular flexibility index (Phi) is 3.38. The Morgan fingerprint density at radius 2 is 2.07 bits per heavy atom. The average molecular weight is 270 g/mol. The molecule has 80 valence electrons. The molecule has 1 aromatic carbocycles. The third-order valence-electron chi connectivity index (χ3n) is 2.44. The van der Waals surface area contributed by atoms with Crippen LogP contribution in [0.2, 0.25) is 0 Å². The summed E-state index contributed by atoms with van der Waals surface area (Å²) in [6, 6.07) is 8.11. The molecule has 1 atom stereocenters. The van der Waals surface area contributed by atoms with Gasteiger partial charge in [0.2, 0.25) is 5.91 Å². The summed E-state index contributed by atoms with van der Waals surface area (Å²) in [5.74, 6) is 0.221. The van der Waals surface area contributed by atoms with Crippen molar-refractivity contribution in [1.29, 1.82) is 0 Å². The van der Waals surface area contributed by atoms with E-state index >= 15 is 0 Å². The van der Waals surface area contributed by atoms with Crippen LogP contribution >= 0.6 is 15.9 Å². The Bertz CT molecular complexity index is 350. The van der Waals surface area contributed by atoms with Gasteiger partial charge in [0.15, 0.2) is 0 Å². The van der Waals surface area contributed by atoms with Gasteiger partial charge in [0.1, 0.15) is 6.61 Å². The molecule has 1 unspecified atom stereocenters. The fourth-order valence-corrected chi connectivity index (χ4v) is 1.85. The number of carbonyl (C=O) groups is 1. The van der Waals surface area contributed by atoms with Crippen LogP contribution in [-0.2, 0) is 9.53 Å². The first-order chi connectivity index (χ1) is 7.25. The summed E-state index contributed by atoms with van der Waals surface area (Å²) < 4.78 is 6.34. The van der Waals surface area contributed by atoms with Crippen molar-refractivity contribution in [2.45, 2.75) is 5.92 Å². The van der Waals surface area contributed by atoms with E-state index in [9.17, 15) is 4.79 Å². The average Bonchev–Trinajstić information content (AvgIpc) is 2.44. The first-order valence-corrected chi connectivity index (χ1v) is 5.65. The number of benzene rings is 1. The summed E-state index contributed by atoms with van der Waals surface area (Å²) in [4.78, 5) is 11.1. The third-order valence-corrected chi connectivity index (χ3v) is 2.97. The molecule has 4 heteroatoms. The Morgan fingerprint density at radius 1 is 1.33 bits per heavy atom. The summed E-state index contributed by atoms with van der Waals surface area (Å²) in [5, 5.41) is 2.83. The van der Waals surface area contributed by atoms with Crippen molar-refractivity contribution in [1.82, 2.24) is 5.32 Å². The van der Waals surface area contributed by atoms with Crippen molar-refractivity contribution in [3.63, 3.8) is 0 Å². The number of amides is 1. The van der Waals surface area contributed by atoms with Crippen LogP contribution < -0.4 is 5.32 Å². The molecule has 0 spiro atoms. The first kappa shape index (κ1) is 10.6. The van der Waals surface area contributed by atoms with E-state index < -0.39 is 0 Å². The van der Waals surface area contributed by atoms with Crippen LogP contribution in [0, 0.1) is 0 Å². The molecule has 1 N–H and O–H groups in total. The Hall–Kier alpha value is -0.870. The molecule has 1 heterocycles. The lowest BCUT2D eigenvalue weighted by Gasteiger charge is -2.13. The van der Waals surface area contributed by atoms with Gasteiger partial charge in [-0.15, -0.1) is 0 Å². The molecular weight excluding hydrogens is 258 g/mol. The molecule has 1 saturated heterocycles. The van der Waals surface area contributed by atoms with Crippen molar-refractivity contribution >= 4 is 21.8 Å². The lowest BCUT2D eigenvalue weighted by atomic mass is 10.0. The summed E-state index contributed by atoms with van der Waals surface area (Å²) in [6.07, 6.45) is 0. The number of ether oxygens (including phenoxy) is 1. The van der Waals surface area contributed by atoms with Crippen LogP contribution in [-0.4, -0.2) is 25.7 Å². The van der Waals surface area contributed by atoms with Gasteiger partial charge in [0.05, 0.1) is 6.61 Å². The van der Waals surface area contributed by atoms with Crippen molar-refractivity contribution < 1.29 is 9.53 Å². The van der Waals surface area contributed by atoms with Crippen LogP contribution in [0.15, 0.2) is 28.7 Å². The standard InChI is InChI=1S/C11H12BrNO2/c12-10-3-1-8(2-4-10)9-5-13-11(14)7-15-6-9/h1-4,9H,5-7H2,(H,13,14). The lowest BCUT2D eigenvalue weighted by Crippen LogP contribution is -2.27. The topological polar surface area (TPSA) is 38.3 Å². The Balaban J connectivity index is 2.09. The minimum atomic E-state index is -0.0328. The molecule has 1 aliphatic heterocycles. The molecule has 0 aromatic heterocycles. The number of nitrogens with one attached hydrogen (secondary N) is 1.